The summed E-state index contributed by atoms with van der Waals surface area (Å²) in [6.07, 6.45) is -6.53. The molecule has 2 aliphatic heterocycles. The maximum absolute atomic E-state index is 8.17. The van der Waals surface area contributed by atoms with Crippen LogP contribution in [-0.2, 0) is 9.31 Å². The standard InChI is InChI=1S/C14H23BN2O2S/c1-10-11(15-18-13(2,3)14(4,5)19-15)16-12(20-10)17-8-6-7-9-17/h6-9H2,1-5H3/i1D3,6D2,7D2,8D2,9D2. The molecule has 3 heterocycles. The van der Waals surface area contributed by atoms with Crippen molar-refractivity contribution in [1.29, 1.82) is 0 Å². The van der Waals surface area contributed by atoms with Crippen LogP contribution in [0.15, 0.2) is 0 Å². The summed E-state index contributed by atoms with van der Waals surface area (Å²) in [5, 5.41) is -0.518. The highest BCUT2D eigenvalue weighted by Gasteiger charge is 2.53. The lowest BCUT2D eigenvalue weighted by Crippen LogP contribution is -2.41. The van der Waals surface area contributed by atoms with Gasteiger partial charge in [-0.2, -0.15) is 0 Å². The number of anilines is 1. The monoisotopic (exact) mass is 305 g/mol. The van der Waals surface area contributed by atoms with Crippen molar-refractivity contribution in [2.24, 2.45) is 0 Å². The third-order valence-electron chi connectivity index (χ3n) is 3.71. The van der Waals surface area contributed by atoms with E-state index in [1.807, 2.05) is 0 Å². The van der Waals surface area contributed by atoms with Crippen molar-refractivity contribution in [3.8, 4) is 0 Å². The molecule has 1 aromatic rings. The number of rotatable bonds is 2. The lowest BCUT2D eigenvalue weighted by molar-refractivity contribution is 0.00578. The normalized spacial score (nSPS) is 43.5. The van der Waals surface area contributed by atoms with E-state index in [-0.39, 0.29) is 15.4 Å². The number of nitrogens with zero attached hydrogens (tertiary/aromatic N) is 2. The highest BCUT2D eigenvalue weighted by atomic mass is 32.1. The fourth-order valence-electron chi connectivity index (χ4n) is 1.82. The summed E-state index contributed by atoms with van der Waals surface area (Å²) in [5.41, 5.74) is -1.86. The molecule has 110 valence electrons. The van der Waals surface area contributed by atoms with Crippen LogP contribution in [0, 0.1) is 6.85 Å². The molecule has 2 fully saturated rings. The zero-order valence-electron chi connectivity index (χ0n) is 22.7. The highest BCUT2D eigenvalue weighted by Crippen LogP contribution is 2.37. The first-order valence-electron chi connectivity index (χ1n) is 11.7. The van der Waals surface area contributed by atoms with E-state index in [1.165, 1.54) is 0 Å². The van der Waals surface area contributed by atoms with E-state index >= 15 is 0 Å². The van der Waals surface area contributed by atoms with Crippen molar-refractivity contribution in [1.82, 2.24) is 4.98 Å². The molecule has 2 saturated heterocycles. The summed E-state index contributed by atoms with van der Waals surface area (Å²) in [5.74, 6) is 0. The molecule has 4 nitrogen and oxygen atoms in total. The van der Waals surface area contributed by atoms with Crippen molar-refractivity contribution in [2.75, 3.05) is 17.9 Å². The van der Waals surface area contributed by atoms with Gasteiger partial charge < -0.3 is 14.2 Å². The minimum Gasteiger partial charge on any atom is -0.398 e. The quantitative estimate of drug-likeness (QED) is 0.786. The second kappa shape index (κ2) is 4.72. The van der Waals surface area contributed by atoms with Gasteiger partial charge in [0.2, 0.25) is 0 Å². The van der Waals surface area contributed by atoms with Crippen molar-refractivity contribution in [3.05, 3.63) is 4.88 Å². The maximum Gasteiger partial charge on any atom is 0.515 e. The van der Waals surface area contributed by atoms with E-state index in [0.717, 1.165) is 0 Å². The third-order valence-corrected chi connectivity index (χ3v) is 4.58. The van der Waals surface area contributed by atoms with E-state index in [9.17, 15) is 0 Å². The molecule has 0 unspecified atom stereocenters. The molecule has 0 atom stereocenters. The van der Waals surface area contributed by atoms with Crippen LogP contribution < -0.4 is 10.5 Å². The largest absolute Gasteiger partial charge is 0.515 e. The van der Waals surface area contributed by atoms with E-state index in [2.05, 4.69) is 4.98 Å². The van der Waals surface area contributed by atoms with E-state index in [1.54, 1.807) is 27.7 Å². The van der Waals surface area contributed by atoms with Crippen LogP contribution in [0.5, 0.6) is 0 Å². The van der Waals surface area contributed by atoms with Crippen molar-refractivity contribution >= 4 is 29.2 Å². The summed E-state index contributed by atoms with van der Waals surface area (Å²) in [7, 11) is -1.24. The molecule has 0 radical (unpaired) electrons. The van der Waals surface area contributed by atoms with Gasteiger partial charge in [-0.25, -0.2) is 4.98 Å². The number of thiazole rings is 1. The van der Waals surface area contributed by atoms with Gasteiger partial charge in [-0.1, -0.05) is 0 Å². The first-order valence-corrected chi connectivity index (χ1v) is 7.01. The van der Waals surface area contributed by atoms with Crippen LogP contribution in [0.4, 0.5) is 5.13 Å². The highest BCUT2D eigenvalue weighted by molar-refractivity contribution is 7.16. The fourth-order valence-corrected chi connectivity index (χ4v) is 2.58. The average Bonchev–Trinajstić information content (AvgIpc) is 3.06. The van der Waals surface area contributed by atoms with Crippen LogP contribution in [0.1, 0.15) is 60.4 Å². The van der Waals surface area contributed by atoms with Crippen molar-refractivity contribution in [2.45, 2.75) is 58.5 Å². The number of aromatic nitrogens is 1. The third kappa shape index (κ3) is 2.28. The molecular weight excluding hydrogens is 271 g/mol. The van der Waals surface area contributed by atoms with Gasteiger partial charge in [0, 0.05) is 32.9 Å². The maximum atomic E-state index is 8.17. The van der Waals surface area contributed by atoms with E-state index in [0.29, 0.717) is 11.3 Å². The Labute approximate surface area is 141 Å². The zero-order chi connectivity index (χ0) is 24.2. The summed E-state index contributed by atoms with van der Waals surface area (Å²) in [6.45, 7) is -2.08. The molecule has 0 bridgehead atoms. The Morgan fingerprint density at radius 1 is 1.25 bits per heavy atom. The molecular formula is C14H23BN2O2S. The van der Waals surface area contributed by atoms with Gasteiger partial charge in [-0.05, 0) is 47.3 Å². The Balaban J connectivity index is 2.19. The van der Waals surface area contributed by atoms with Crippen LogP contribution in [0.2, 0.25) is 0 Å². The van der Waals surface area contributed by atoms with Gasteiger partial charge in [0.25, 0.3) is 0 Å². The first kappa shape index (κ1) is 6.27. The minimum absolute atomic E-state index is 0.196. The number of aryl methyl sites for hydroxylation is 1. The lowest BCUT2D eigenvalue weighted by Gasteiger charge is -2.32. The Hall–Kier alpha value is -0.585. The fraction of sp³-hybridized carbons (Fsp3) is 0.786. The molecule has 0 aliphatic carbocycles. The Morgan fingerprint density at radius 2 is 1.85 bits per heavy atom. The Morgan fingerprint density at radius 3 is 2.40 bits per heavy atom. The summed E-state index contributed by atoms with van der Waals surface area (Å²) in [6, 6.07) is 0. The number of hydrogen-bond donors (Lipinski definition) is 0. The second-order valence-electron chi connectivity index (χ2n) is 5.61. The van der Waals surface area contributed by atoms with Gasteiger partial charge in [-0.3, -0.25) is 0 Å². The molecule has 0 saturated carbocycles. The molecule has 20 heavy (non-hydrogen) atoms. The van der Waals surface area contributed by atoms with Crippen LogP contribution in [0.3, 0.4) is 0 Å². The molecule has 6 heteroatoms. The average molecular weight is 305 g/mol. The van der Waals surface area contributed by atoms with Crippen LogP contribution >= 0.6 is 11.3 Å². The van der Waals surface area contributed by atoms with E-state index < -0.39 is 56.0 Å². The SMILES string of the molecule is [2H]C([2H])([2H])c1sc(N2C([2H])([2H])C([2H])([2H])C([2H])([2H])C2([2H])[2H])nc1B1OC(C)(C)C(C)(C)O1. The minimum atomic E-state index is -3.26. The van der Waals surface area contributed by atoms with Gasteiger partial charge in [0.05, 0.1) is 16.8 Å². The molecule has 0 spiro atoms. The topological polar surface area (TPSA) is 34.6 Å². The lowest BCUT2D eigenvalue weighted by atomic mass is 9.84. The van der Waals surface area contributed by atoms with Crippen LogP contribution in [-0.4, -0.2) is 36.3 Å². The smallest absolute Gasteiger partial charge is 0.398 e. The van der Waals surface area contributed by atoms with Crippen molar-refractivity contribution in [3.63, 3.8) is 0 Å². The molecule has 1 aromatic heterocycles. The zero-order valence-corrected chi connectivity index (χ0v) is 12.5. The summed E-state index contributed by atoms with van der Waals surface area (Å²) < 4.78 is 99.7. The molecule has 3 rings (SSSR count). The van der Waals surface area contributed by atoms with Crippen LogP contribution in [0.25, 0.3) is 0 Å². The van der Waals surface area contributed by atoms with Crippen molar-refractivity contribution < 1.29 is 24.4 Å². The van der Waals surface area contributed by atoms with Gasteiger partial charge >= 0.3 is 7.12 Å². The van der Waals surface area contributed by atoms with Gasteiger partial charge in [0.15, 0.2) is 5.13 Å². The number of hydrogen-bond acceptors (Lipinski definition) is 5. The summed E-state index contributed by atoms with van der Waals surface area (Å²) in [4.78, 5) is 4.03. The molecule has 0 aromatic carbocycles. The van der Waals surface area contributed by atoms with E-state index in [4.69, 9.17) is 24.4 Å². The predicted octanol–water partition coefficient (Wildman–Crippen LogP) is 2.35. The summed E-state index contributed by atoms with van der Waals surface area (Å²) >= 11 is 0.436. The van der Waals surface area contributed by atoms with Gasteiger partial charge in [-0.15, -0.1) is 11.3 Å². The second-order valence-corrected chi connectivity index (χ2v) is 6.59. The molecule has 0 N–H and O–H groups in total. The predicted molar refractivity (Wildman–Crippen MR) is 84.0 cm³/mol. The molecule has 0 amide bonds. The Bertz CT molecular complexity index is 857. The Kier molecular flexibility index (Phi) is 1.48. The van der Waals surface area contributed by atoms with Gasteiger partial charge in [0.1, 0.15) is 0 Å². The first-order chi connectivity index (χ1) is 13.5. The molecule has 2 aliphatic rings.